The molecule has 2 heteroatoms. The number of hydrogen-bond acceptors (Lipinski definition) is 2. The van der Waals surface area contributed by atoms with Gasteiger partial charge in [-0.15, -0.1) is 0 Å². The van der Waals surface area contributed by atoms with Crippen LogP contribution < -0.4 is 0 Å². The third kappa shape index (κ3) is 5.27. The molecule has 0 radical (unpaired) electrons. The van der Waals surface area contributed by atoms with Crippen molar-refractivity contribution in [2.75, 3.05) is 20.1 Å². The van der Waals surface area contributed by atoms with Crippen molar-refractivity contribution in [1.29, 1.82) is 0 Å². The van der Waals surface area contributed by atoms with Crippen molar-refractivity contribution in [3.63, 3.8) is 0 Å². The van der Waals surface area contributed by atoms with Crippen molar-refractivity contribution < 1.29 is 4.74 Å². The van der Waals surface area contributed by atoms with Crippen molar-refractivity contribution >= 4 is 0 Å². The van der Waals surface area contributed by atoms with Crippen LogP contribution in [-0.4, -0.2) is 37.2 Å². The molecule has 0 N–H and O–H groups in total. The molecule has 0 aromatic rings. The topological polar surface area (TPSA) is 12.5 Å². The zero-order valence-corrected chi connectivity index (χ0v) is 13.0. The molecule has 2 nitrogen and oxygen atoms in total. The molecule has 18 heavy (non-hydrogen) atoms. The molecule has 1 saturated heterocycles. The van der Waals surface area contributed by atoms with Crippen LogP contribution in [0.4, 0.5) is 0 Å². The molecule has 0 bridgehead atoms. The van der Waals surface area contributed by atoms with Gasteiger partial charge in [0.15, 0.2) is 0 Å². The van der Waals surface area contributed by atoms with E-state index in [2.05, 4.69) is 18.9 Å². The fraction of sp³-hybridized carbons (Fsp3) is 1.00. The van der Waals surface area contributed by atoms with E-state index in [1.54, 1.807) is 0 Å². The fourth-order valence-corrected chi connectivity index (χ4v) is 3.07. The van der Waals surface area contributed by atoms with Gasteiger partial charge in [-0.1, -0.05) is 27.2 Å². The summed E-state index contributed by atoms with van der Waals surface area (Å²) in [7, 11) is 2.21. The Morgan fingerprint density at radius 2 is 1.39 bits per heavy atom. The summed E-state index contributed by atoms with van der Waals surface area (Å²) in [4.78, 5) is 2.41. The van der Waals surface area contributed by atoms with E-state index in [-0.39, 0.29) is 0 Å². The first-order chi connectivity index (χ1) is 8.78. The van der Waals surface area contributed by atoms with Crippen LogP contribution in [0.15, 0.2) is 0 Å². The molecule has 0 aromatic heterocycles. The molecule has 1 aliphatic heterocycles. The monoisotopic (exact) mass is 255 g/mol. The van der Waals surface area contributed by atoms with Crippen molar-refractivity contribution in [3.05, 3.63) is 0 Å². The predicted octanol–water partition coefficient (Wildman–Crippen LogP) is 4.09. The van der Waals surface area contributed by atoms with Gasteiger partial charge in [0.05, 0.1) is 12.2 Å². The summed E-state index contributed by atoms with van der Waals surface area (Å²) in [5, 5.41) is 0. The first-order valence-electron chi connectivity index (χ1n) is 8.12. The molecule has 0 spiro atoms. The number of ether oxygens (including phenoxy) is 1. The smallest absolute Gasteiger partial charge is 0.0603 e. The zero-order chi connectivity index (χ0) is 13.4. The Kier molecular flexibility index (Phi) is 7.92. The Balaban J connectivity index is 0.000000771. The lowest BCUT2D eigenvalue weighted by Gasteiger charge is -2.34. The van der Waals surface area contributed by atoms with Crippen LogP contribution in [0.2, 0.25) is 0 Å². The van der Waals surface area contributed by atoms with E-state index in [1.165, 1.54) is 58.0 Å². The second kappa shape index (κ2) is 8.92. The van der Waals surface area contributed by atoms with Crippen LogP contribution in [-0.2, 0) is 4.74 Å². The van der Waals surface area contributed by atoms with E-state index < -0.39 is 0 Å². The zero-order valence-electron chi connectivity index (χ0n) is 13.0. The van der Waals surface area contributed by atoms with Gasteiger partial charge >= 0.3 is 0 Å². The minimum atomic E-state index is 0.555. The maximum Gasteiger partial charge on any atom is 0.0603 e. The third-order valence-corrected chi connectivity index (χ3v) is 4.42. The first kappa shape index (κ1) is 16.0. The molecule has 0 amide bonds. The van der Waals surface area contributed by atoms with Gasteiger partial charge < -0.3 is 9.64 Å². The number of rotatable bonds is 3. The number of hydrogen-bond donors (Lipinski definition) is 0. The average Bonchev–Trinajstić information content (AvgIpc) is 2.44. The van der Waals surface area contributed by atoms with Crippen LogP contribution in [0.25, 0.3) is 0 Å². The average molecular weight is 255 g/mol. The minimum Gasteiger partial charge on any atom is -0.375 e. The Morgan fingerprint density at radius 1 is 0.889 bits per heavy atom. The van der Waals surface area contributed by atoms with Gasteiger partial charge in [0, 0.05) is 13.1 Å². The number of nitrogens with zero attached hydrogens (tertiary/aromatic N) is 1. The molecule has 2 rings (SSSR count). The van der Waals surface area contributed by atoms with Gasteiger partial charge in [-0.05, 0) is 51.5 Å². The number of piperidine rings is 1. The molecule has 0 atom stereocenters. The van der Waals surface area contributed by atoms with Gasteiger partial charge in [0.25, 0.3) is 0 Å². The summed E-state index contributed by atoms with van der Waals surface area (Å²) >= 11 is 0. The molecule has 1 heterocycles. The number of likely N-dealkylation sites (tertiary alicyclic amines) is 1. The second-order valence-electron chi connectivity index (χ2n) is 5.69. The van der Waals surface area contributed by atoms with Crippen LogP contribution in [0.1, 0.15) is 65.7 Å². The Hall–Kier alpha value is -0.0800. The predicted molar refractivity (Wildman–Crippen MR) is 79.0 cm³/mol. The Bertz CT molecular complexity index is 191. The minimum absolute atomic E-state index is 0.555. The van der Waals surface area contributed by atoms with Gasteiger partial charge in [-0.25, -0.2) is 0 Å². The lowest BCUT2D eigenvalue weighted by Crippen LogP contribution is -2.37. The van der Waals surface area contributed by atoms with Crippen molar-refractivity contribution in [2.24, 2.45) is 5.92 Å². The Morgan fingerprint density at radius 3 is 1.89 bits per heavy atom. The highest BCUT2D eigenvalue weighted by Crippen LogP contribution is 2.30. The maximum absolute atomic E-state index is 6.25. The van der Waals surface area contributed by atoms with E-state index in [4.69, 9.17) is 4.74 Å². The van der Waals surface area contributed by atoms with E-state index in [1.807, 2.05) is 13.8 Å². The SMILES string of the molecule is CC.CCC1CCC(OC2CCN(C)CC2)CC1. The first-order valence-corrected chi connectivity index (χ1v) is 8.12. The summed E-state index contributed by atoms with van der Waals surface area (Å²) in [5.74, 6) is 0.984. The molecule has 1 saturated carbocycles. The van der Waals surface area contributed by atoms with Gasteiger partial charge in [-0.2, -0.15) is 0 Å². The summed E-state index contributed by atoms with van der Waals surface area (Å²) in [6, 6.07) is 0. The molecular weight excluding hydrogens is 222 g/mol. The highest BCUT2D eigenvalue weighted by atomic mass is 16.5. The third-order valence-electron chi connectivity index (χ3n) is 4.42. The molecule has 108 valence electrons. The molecule has 0 aromatic carbocycles. The van der Waals surface area contributed by atoms with Crippen molar-refractivity contribution in [3.8, 4) is 0 Å². The molecular formula is C16H33NO. The largest absolute Gasteiger partial charge is 0.375 e. The summed E-state index contributed by atoms with van der Waals surface area (Å²) < 4.78 is 6.25. The summed E-state index contributed by atoms with van der Waals surface area (Å²) in [6.45, 7) is 8.76. The summed E-state index contributed by atoms with van der Waals surface area (Å²) in [6.07, 6.45) is 10.4. The van der Waals surface area contributed by atoms with Crippen LogP contribution in [0, 0.1) is 5.92 Å². The normalized spacial score (nSPS) is 30.7. The highest BCUT2D eigenvalue weighted by molar-refractivity contribution is 4.76. The highest BCUT2D eigenvalue weighted by Gasteiger charge is 2.25. The lowest BCUT2D eigenvalue weighted by molar-refractivity contribution is -0.0586. The maximum atomic E-state index is 6.25. The Labute approximate surface area is 114 Å². The van der Waals surface area contributed by atoms with E-state index in [9.17, 15) is 0 Å². The van der Waals surface area contributed by atoms with E-state index in [0.717, 1.165) is 5.92 Å². The quantitative estimate of drug-likeness (QED) is 0.753. The van der Waals surface area contributed by atoms with E-state index >= 15 is 0 Å². The van der Waals surface area contributed by atoms with Crippen LogP contribution >= 0.6 is 0 Å². The van der Waals surface area contributed by atoms with Crippen molar-refractivity contribution in [1.82, 2.24) is 4.90 Å². The van der Waals surface area contributed by atoms with Crippen LogP contribution in [0.3, 0.4) is 0 Å². The van der Waals surface area contributed by atoms with Gasteiger partial charge in [0.2, 0.25) is 0 Å². The lowest BCUT2D eigenvalue weighted by atomic mass is 9.85. The van der Waals surface area contributed by atoms with Crippen LogP contribution in [0.5, 0.6) is 0 Å². The molecule has 2 aliphatic rings. The molecule has 1 aliphatic carbocycles. The second-order valence-corrected chi connectivity index (χ2v) is 5.69. The van der Waals surface area contributed by atoms with Gasteiger partial charge in [0.1, 0.15) is 0 Å². The molecule has 2 fully saturated rings. The fourth-order valence-electron chi connectivity index (χ4n) is 3.07. The molecule has 0 unspecified atom stereocenters. The van der Waals surface area contributed by atoms with Crippen molar-refractivity contribution in [2.45, 2.75) is 77.9 Å². The van der Waals surface area contributed by atoms with Gasteiger partial charge in [-0.3, -0.25) is 0 Å². The summed E-state index contributed by atoms with van der Waals surface area (Å²) in [5.41, 5.74) is 0. The van der Waals surface area contributed by atoms with E-state index in [0.29, 0.717) is 12.2 Å². The standard InChI is InChI=1S/C14H27NO.C2H6/c1-3-12-4-6-13(7-5-12)16-14-8-10-15(2)11-9-14;1-2/h12-14H,3-11H2,1-2H3;1-2H3.